The van der Waals surface area contributed by atoms with Crippen LogP contribution in [-0.4, -0.2) is 27.7 Å². The number of anilines is 1. The lowest BCUT2D eigenvalue weighted by molar-refractivity contribution is 0.252. The van der Waals surface area contributed by atoms with E-state index in [-0.39, 0.29) is 11.4 Å². The topological polar surface area (TPSA) is 92.9 Å². The lowest BCUT2D eigenvalue weighted by atomic mass is 10.0. The second-order valence-electron chi connectivity index (χ2n) is 5.36. The molecule has 0 aliphatic rings. The quantitative estimate of drug-likeness (QED) is 0.770. The van der Waals surface area contributed by atoms with E-state index >= 15 is 0 Å². The number of methoxy groups -OCH3 is 1. The molecule has 0 spiro atoms. The van der Waals surface area contributed by atoms with Gasteiger partial charge in [-0.05, 0) is 53.9 Å². The molecular formula is C18H17N5O2. The smallest absolute Gasteiger partial charge is 0.334 e. The number of benzene rings is 1. The Morgan fingerprint density at radius 1 is 1.20 bits per heavy atom. The number of hydrogen-bond donors (Lipinski definition) is 2. The zero-order valence-electron chi connectivity index (χ0n) is 13.9. The fourth-order valence-electron chi connectivity index (χ4n) is 2.43. The molecule has 126 valence electrons. The minimum atomic E-state index is -0.496. The molecular weight excluding hydrogens is 318 g/mol. The Kier molecular flexibility index (Phi) is 4.56. The average molecular weight is 335 g/mol. The van der Waals surface area contributed by atoms with Crippen LogP contribution < -0.4 is 15.5 Å². The van der Waals surface area contributed by atoms with E-state index in [0.29, 0.717) is 0 Å². The number of ether oxygens (including phenoxy) is 1. The first-order valence-corrected chi connectivity index (χ1v) is 7.59. The summed E-state index contributed by atoms with van der Waals surface area (Å²) in [4.78, 5) is 20.3. The second-order valence-corrected chi connectivity index (χ2v) is 5.36. The molecule has 7 nitrogen and oxygen atoms in total. The van der Waals surface area contributed by atoms with Crippen LogP contribution in [0.1, 0.15) is 5.56 Å². The van der Waals surface area contributed by atoms with Crippen molar-refractivity contribution in [2.24, 2.45) is 0 Å². The standard InChI is InChI=1S/C18H17N5O2/c1-12-10-14(25-2)5-6-15(12)13-4-7-16(19)23(11-13)18(24)22-17-20-8-3-9-21-17/h3-11,19H,1-2H3,(H,20,21,22,24). The van der Waals surface area contributed by atoms with Gasteiger partial charge < -0.3 is 4.74 Å². The molecule has 3 rings (SSSR count). The molecule has 1 aromatic carbocycles. The highest BCUT2D eigenvalue weighted by Gasteiger charge is 2.10. The SMILES string of the molecule is COc1ccc(-c2ccc(=N)n(C(=O)Nc3ncccn3)c2)c(C)c1. The lowest BCUT2D eigenvalue weighted by Gasteiger charge is -2.12. The monoisotopic (exact) mass is 335 g/mol. The van der Waals surface area contributed by atoms with Gasteiger partial charge in [-0.2, -0.15) is 0 Å². The van der Waals surface area contributed by atoms with Gasteiger partial charge in [0.2, 0.25) is 5.95 Å². The molecule has 2 N–H and O–H groups in total. The van der Waals surface area contributed by atoms with Gasteiger partial charge >= 0.3 is 6.03 Å². The fourth-order valence-corrected chi connectivity index (χ4v) is 2.43. The summed E-state index contributed by atoms with van der Waals surface area (Å²) < 4.78 is 6.44. The largest absolute Gasteiger partial charge is 0.497 e. The molecule has 0 aliphatic carbocycles. The third kappa shape index (κ3) is 3.55. The van der Waals surface area contributed by atoms with Gasteiger partial charge in [-0.1, -0.05) is 6.07 Å². The Morgan fingerprint density at radius 2 is 1.96 bits per heavy atom. The van der Waals surface area contributed by atoms with Crippen molar-refractivity contribution in [1.29, 1.82) is 5.41 Å². The minimum Gasteiger partial charge on any atom is -0.497 e. The number of nitrogens with zero attached hydrogens (tertiary/aromatic N) is 3. The molecule has 0 bridgehead atoms. The van der Waals surface area contributed by atoms with Gasteiger partial charge in [0.25, 0.3) is 0 Å². The summed E-state index contributed by atoms with van der Waals surface area (Å²) in [6.45, 7) is 1.97. The van der Waals surface area contributed by atoms with Gasteiger partial charge in [-0.25, -0.2) is 14.8 Å². The summed E-state index contributed by atoms with van der Waals surface area (Å²) in [5.41, 5.74) is 2.84. The lowest BCUT2D eigenvalue weighted by Crippen LogP contribution is -2.30. The maximum Gasteiger partial charge on any atom is 0.334 e. The average Bonchev–Trinajstić information content (AvgIpc) is 2.63. The van der Waals surface area contributed by atoms with E-state index < -0.39 is 6.03 Å². The number of hydrogen-bond acceptors (Lipinski definition) is 5. The summed E-state index contributed by atoms with van der Waals surface area (Å²) in [6, 6.07) is 10.3. The Labute approximate surface area is 144 Å². The van der Waals surface area contributed by atoms with Crippen LogP contribution in [0.15, 0.2) is 55.0 Å². The fraction of sp³-hybridized carbons (Fsp3) is 0.111. The summed E-state index contributed by atoms with van der Waals surface area (Å²) >= 11 is 0. The van der Waals surface area contributed by atoms with Crippen molar-refractivity contribution < 1.29 is 9.53 Å². The minimum absolute atomic E-state index is 0.0587. The first-order chi connectivity index (χ1) is 12.1. The number of carbonyl (C=O) groups excluding carboxylic acids is 1. The number of carbonyl (C=O) groups is 1. The first-order valence-electron chi connectivity index (χ1n) is 7.59. The van der Waals surface area contributed by atoms with Crippen LogP contribution in [0, 0.1) is 12.3 Å². The zero-order valence-corrected chi connectivity index (χ0v) is 13.9. The molecule has 7 heteroatoms. The predicted octanol–water partition coefficient (Wildman–Crippen LogP) is 2.82. The van der Waals surface area contributed by atoms with Crippen LogP contribution >= 0.6 is 0 Å². The van der Waals surface area contributed by atoms with E-state index in [2.05, 4.69) is 15.3 Å². The highest BCUT2D eigenvalue weighted by Crippen LogP contribution is 2.26. The number of amides is 1. The van der Waals surface area contributed by atoms with E-state index in [9.17, 15) is 4.79 Å². The summed E-state index contributed by atoms with van der Waals surface area (Å²) in [5.74, 6) is 0.954. The molecule has 0 fully saturated rings. The van der Waals surface area contributed by atoms with Crippen molar-refractivity contribution in [3.63, 3.8) is 0 Å². The van der Waals surface area contributed by atoms with E-state index in [4.69, 9.17) is 10.1 Å². The molecule has 0 saturated heterocycles. The van der Waals surface area contributed by atoms with E-state index in [1.807, 2.05) is 25.1 Å². The highest BCUT2D eigenvalue weighted by atomic mass is 16.5. The van der Waals surface area contributed by atoms with Gasteiger partial charge in [0.1, 0.15) is 11.2 Å². The van der Waals surface area contributed by atoms with Crippen LogP contribution in [0.4, 0.5) is 10.7 Å². The van der Waals surface area contributed by atoms with E-state index in [0.717, 1.165) is 22.4 Å². The number of aromatic nitrogens is 3. The van der Waals surface area contributed by atoms with Crippen LogP contribution in [0.3, 0.4) is 0 Å². The highest BCUT2D eigenvalue weighted by molar-refractivity contribution is 5.89. The van der Waals surface area contributed by atoms with Crippen LogP contribution in [-0.2, 0) is 0 Å². The molecule has 0 unspecified atom stereocenters. The van der Waals surface area contributed by atoms with Crippen LogP contribution in [0.5, 0.6) is 5.75 Å². The summed E-state index contributed by atoms with van der Waals surface area (Å²) in [6.07, 6.45) is 4.69. The molecule has 25 heavy (non-hydrogen) atoms. The van der Waals surface area contributed by atoms with Crippen LogP contribution in [0.25, 0.3) is 11.1 Å². The van der Waals surface area contributed by atoms with Crippen molar-refractivity contribution in [2.45, 2.75) is 6.92 Å². The number of pyridine rings is 1. The third-order valence-corrected chi connectivity index (χ3v) is 3.70. The van der Waals surface area contributed by atoms with Crippen molar-refractivity contribution in [3.8, 4) is 16.9 Å². The van der Waals surface area contributed by atoms with Crippen molar-refractivity contribution >= 4 is 12.0 Å². The number of aryl methyl sites for hydroxylation is 1. The predicted molar refractivity (Wildman–Crippen MR) is 93.5 cm³/mol. The Morgan fingerprint density at radius 3 is 2.64 bits per heavy atom. The van der Waals surface area contributed by atoms with Gasteiger partial charge in [0, 0.05) is 18.6 Å². The molecule has 3 aromatic rings. The van der Waals surface area contributed by atoms with Crippen molar-refractivity contribution in [2.75, 3.05) is 12.4 Å². The molecule has 0 atom stereocenters. The Bertz CT molecular complexity index is 967. The molecule has 2 heterocycles. The first kappa shape index (κ1) is 16.4. The van der Waals surface area contributed by atoms with E-state index in [1.54, 1.807) is 31.5 Å². The zero-order chi connectivity index (χ0) is 17.8. The normalized spacial score (nSPS) is 10.3. The van der Waals surface area contributed by atoms with Crippen molar-refractivity contribution in [1.82, 2.24) is 14.5 Å². The molecule has 0 radical (unpaired) electrons. The van der Waals surface area contributed by atoms with Gasteiger partial charge in [0.15, 0.2) is 0 Å². The maximum atomic E-state index is 12.4. The molecule has 0 aliphatic heterocycles. The van der Waals surface area contributed by atoms with E-state index in [1.165, 1.54) is 17.0 Å². The van der Waals surface area contributed by atoms with Crippen LogP contribution in [0.2, 0.25) is 0 Å². The summed E-state index contributed by atoms with van der Waals surface area (Å²) in [5, 5.41) is 10.6. The molecule has 1 amide bonds. The molecule has 0 saturated carbocycles. The second kappa shape index (κ2) is 6.96. The van der Waals surface area contributed by atoms with Gasteiger partial charge in [-0.15, -0.1) is 0 Å². The Hall–Kier alpha value is -3.48. The number of nitrogens with one attached hydrogen (secondary N) is 2. The Balaban J connectivity index is 1.96. The van der Waals surface area contributed by atoms with Gasteiger partial charge in [0.05, 0.1) is 7.11 Å². The number of rotatable bonds is 3. The molecule has 2 aromatic heterocycles. The third-order valence-electron chi connectivity index (χ3n) is 3.70. The van der Waals surface area contributed by atoms with Gasteiger partial charge in [-0.3, -0.25) is 15.3 Å². The van der Waals surface area contributed by atoms with Crippen molar-refractivity contribution in [3.05, 3.63) is 66.0 Å². The maximum absolute atomic E-state index is 12.4. The summed E-state index contributed by atoms with van der Waals surface area (Å²) in [7, 11) is 1.62.